The highest BCUT2D eigenvalue weighted by Gasteiger charge is 2.24. The lowest BCUT2D eigenvalue weighted by atomic mass is 9.89. The fourth-order valence-corrected chi connectivity index (χ4v) is 3.09. The molecule has 0 radical (unpaired) electrons. The lowest BCUT2D eigenvalue weighted by molar-refractivity contribution is 0.0925. The van der Waals surface area contributed by atoms with Crippen molar-refractivity contribution in [2.75, 3.05) is 26.3 Å². The van der Waals surface area contributed by atoms with Crippen LogP contribution in [0, 0.1) is 11.6 Å². The molecule has 2 heterocycles. The van der Waals surface area contributed by atoms with Gasteiger partial charge in [0.2, 0.25) is 0 Å². The van der Waals surface area contributed by atoms with Gasteiger partial charge in [-0.2, -0.15) is 0 Å². The van der Waals surface area contributed by atoms with Gasteiger partial charge in [0, 0.05) is 6.61 Å². The second-order valence-corrected chi connectivity index (χ2v) is 5.91. The van der Waals surface area contributed by atoms with Crippen molar-refractivity contribution in [3.05, 3.63) is 34.9 Å². The summed E-state index contributed by atoms with van der Waals surface area (Å²) in [6, 6.07) is 2.09. The molecule has 128 valence electrons. The van der Waals surface area contributed by atoms with Crippen molar-refractivity contribution in [3.8, 4) is 0 Å². The molecule has 3 rings (SSSR count). The van der Waals surface area contributed by atoms with Crippen LogP contribution in [0.1, 0.15) is 41.1 Å². The molecule has 2 saturated heterocycles. The summed E-state index contributed by atoms with van der Waals surface area (Å²) in [6.45, 7) is 2.60. The van der Waals surface area contributed by atoms with Crippen molar-refractivity contribution in [3.63, 3.8) is 0 Å². The third-order valence-corrected chi connectivity index (χ3v) is 4.37. The van der Waals surface area contributed by atoms with Crippen LogP contribution in [0.3, 0.4) is 0 Å². The molecule has 0 aliphatic carbocycles. The van der Waals surface area contributed by atoms with E-state index in [1.54, 1.807) is 0 Å². The molecule has 0 spiro atoms. The van der Waals surface area contributed by atoms with Gasteiger partial charge in [-0.25, -0.2) is 8.78 Å². The largest absolute Gasteiger partial charge is 0.379 e. The molecule has 1 atom stereocenters. The number of rotatable bonds is 3. The first-order valence-electron chi connectivity index (χ1n) is 7.73. The Balaban J connectivity index is 0.00000192. The zero-order valence-electron chi connectivity index (χ0n) is 12.7. The number of amides is 1. The highest BCUT2D eigenvalue weighted by Crippen LogP contribution is 2.29. The van der Waals surface area contributed by atoms with Gasteiger partial charge in [0.15, 0.2) is 0 Å². The van der Waals surface area contributed by atoms with Crippen molar-refractivity contribution < 1.29 is 18.3 Å². The van der Waals surface area contributed by atoms with Crippen LogP contribution >= 0.6 is 12.4 Å². The smallest absolute Gasteiger partial charge is 0.254 e. The Morgan fingerprint density at radius 1 is 1.17 bits per heavy atom. The third kappa shape index (κ3) is 4.19. The number of hydrogen-bond acceptors (Lipinski definition) is 3. The fourth-order valence-electron chi connectivity index (χ4n) is 3.09. The molecule has 2 fully saturated rings. The van der Waals surface area contributed by atoms with E-state index in [0.29, 0.717) is 25.2 Å². The first-order valence-corrected chi connectivity index (χ1v) is 7.73. The molecule has 2 aliphatic heterocycles. The van der Waals surface area contributed by atoms with Crippen molar-refractivity contribution >= 4 is 18.3 Å². The van der Waals surface area contributed by atoms with Crippen molar-refractivity contribution in [2.45, 2.75) is 31.2 Å². The molecule has 0 bridgehead atoms. The Hall–Kier alpha value is -1.24. The Labute approximate surface area is 140 Å². The maximum Gasteiger partial charge on any atom is 0.254 e. The van der Waals surface area contributed by atoms with Gasteiger partial charge in [0.05, 0.1) is 18.2 Å². The van der Waals surface area contributed by atoms with Gasteiger partial charge in [0.1, 0.15) is 11.6 Å². The molecule has 4 nitrogen and oxygen atoms in total. The lowest BCUT2D eigenvalue weighted by Crippen LogP contribution is -2.35. The SMILES string of the molecule is Cl.O=C(NC1CCOC1)c1cc(F)c(C2CCNCC2)cc1F. The van der Waals surface area contributed by atoms with E-state index in [9.17, 15) is 13.6 Å². The van der Waals surface area contributed by atoms with Gasteiger partial charge in [0.25, 0.3) is 5.91 Å². The summed E-state index contributed by atoms with van der Waals surface area (Å²) in [5.41, 5.74) is 0.141. The van der Waals surface area contributed by atoms with E-state index in [-0.39, 0.29) is 29.9 Å². The zero-order chi connectivity index (χ0) is 15.5. The van der Waals surface area contributed by atoms with Crippen LogP contribution in [0.4, 0.5) is 8.78 Å². The molecule has 1 aromatic carbocycles. The van der Waals surface area contributed by atoms with Gasteiger partial charge in [-0.05, 0) is 56.0 Å². The number of halogens is 3. The van der Waals surface area contributed by atoms with E-state index in [4.69, 9.17) is 4.74 Å². The predicted molar refractivity (Wildman–Crippen MR) is 85.1 cm³/mol. The summed E-state index contributed by atoms with van der Waals surface area (Å²) >= 11 is 0. The summed E-state index contributed by atoms with van der Waals surface area (Å²) in [6.07, 6.45) is 2.26. The number of piperidine rings is 1. The Morgan fingerprint density at radius 2 is 1.91 bits per heavy atom. The van der Waals surface area contributed by atoms with Crippen LogP contribution in [0.5, 0.6) is 0 Å². The van der Waals surface area contributed by atoms with Crippen LogP contribution in [-0.4, -0.2) is 38.3 Å². The molecule has 1 unspecified atom stereocenters. The van der Waals surface area contributed by atoms with E-state index < -0.39 is 17.5 Å². The molecule has 2 aliphatic rings. The third-order valence-electron chi connectivity index (χ3n) is 4.37. The van der Waals surface area contributed by atoms with Gasteiger partial charge in [-0.15, -0.1) is 12.4 Å². The van der Waals surface area contributed by atoms with Gasteiger partial charge in [-0.3, -0.25) is 4.79 Å². The number of nitrogens with one attached hydrogen (secondary N) is 2. The average molecular weight is 347 g/mol. The molecular formula is C16H21ClF2N2O2. The molecule has 2 N–H and O–H groups in total. The summed E-state index contributed by atoms with van der Waals surface area (Å²) < 4.78 is 33.7. The van der Waals surface area contributed by atoms with E-state index >= 15 is 0 Å². The Kier molecular flexibility index (Phi) is 6.33. The summed E-state index contributed by atoms with van der Waals surface area (Å²) in [5.74, 6) is -1.73. The number of hydrogen-bond donors (Lipinski definition) is 2. The predicted octanol–water partition coefficient (Wildman–Crippen LogP) is 2.37. The normalized spacial score (nSPS) is 21.7. The van der Waals surface area contributed by atoms with Gasteiger partial charge >= 0.3 is 0 Å². The number of carbonyl (C=O) groups is 1. The van der Waals surface area contributed by atoms with Crippen LogP contribution in [0.2, 0.25) is 0 Å². The maximum atomic E-state index is 14.3. The van der Waals surface area contributed by atoms with E-state index in [0.717, 1.165) is 32.0 Å². The monoisotopic (exact) mass is 346 g/mol. The van der Waals surface area contributed by atoms with E-state index in [1.165, 1.54) is 6.07 Å². The van der Waals surface area contributed by atoms with Crippen LogP contribution in [0.25, 0.3) is 0 Å². The Bertz CT molecular complexity index is 559. The van der Waals surface area contributed by atoms with Crippen LogP contribution < -0.4 is 10.6 Å². The van der Waals surface area contributed by atoms with E-state index in [1.807, 2.05) is 0 Å². The summed E-state index contributed by atoms with van der Waals surface area (Å²) in [5, 5.41) is 5.88. The summed E-state index contributed by atoms with van der Waals surface area (Å²) in [4.78, 5) is 12.1. The van der Waals surface area contributed by atoms with E-state index in [2.05, 4.69) is 10.6 Å². The summed E-state index contributed by atoms with van der Waals surface area (Å²) in [7, 11) is 0. The molecule has 0 aromatic heterocycles. The number of carbonyl (C=O) groups excluding carboxylic acids is 1. The second-order valence-electron chi connectivity index (χ2n) is 5.91. The van der Waals surface area contributed by atoms with Gasteiger partial charge in [-0.1, -0.05) is 0 Å². The second kappa shape index (κ2) is 8.04. The molecule has 1 aromatic rings. The molecule has 1 amide bonds. The minimum absolute atomic E-state index is 0. The fraction of sp³-hybridized carbons (Fsp3) is 0.562. The average Bonchev–Trinajstić information content (AvgIpc) is 3.03. The number of benzene rings is 1. The first-order chi connectivity index (χ1) is 10.6. The van der Waals surface area contributed by atoms with Crippen molar-refractivity contribution in [2.24, 2.45) is 0 Å². The lowest BCUT2D eigenvalue weighted by Gasteiger charge is -2.23. The Morgan fingerprint density at radius 3 is 2.57 bits per heavy atom. The molecule has 0 saturated carbocycles. The highest BCUT2D eigenvalue weighted by molar-refractivity contribution is 5.94. The van der Waals surface area contributed by atoms with Crippen molar-refractivity contribution in [1.82, 2.24) is 10.6 Å². The molecule has 7 heteroatoms. The van der Waals surface area contributed by atoms with Crippen molar-refractivity contribution in [1.29, 1.82) is 0 Å². The minimum Gasteiger partial charge on any atom is -0.379 e. The maximum absolute atomic E-state index is 14.3. The first kappa shape index (κ1) is 18.1. The molecular weight excluding hydrogens is 326 g/mol. The van der Waals surface area contributed by atoms with Crippen LogP contribution in [-0.2, 0) is 4.74 Å². The highest BCUT2D eigenvalue weighted by atomic mass is 35.5. The topological polar surface area (TPSA) is 50.4 Å². The molecule has 23 heavy (non-hydrogen) atoms. The van der Waals surface area contributed by atoms with Gasteiger partial charge < -0.3 is 15.4 Å². The standard InChI is InChI=1S/C16H20F2N2O2.ClH/c17-14-8-13(16(21)20-11-3-6-22-9-11)15(18)7-12(14)10-1-4-19-5-2-10;/h7-8,10-11,19H,1-6,9H2,(H,20,21);1H. The quantitative estimate of drug-likeness (QED) is 0.883. The number of ether oxygens (including phenoxy) is 1. The minimum atomic E-state index is -0.661. The van der Waals surface area contributed by atoms with Crippen LogP contribution in [0.15, 0.2) is 12.1 Å². The zero-order valence-corrected chi connectivity index (χ0v) is 13.6.